The Labute approximate surface area is 195 Å². The van der Waals surface area contributed by atoms with Crippen LogP contribution < -0.4 is 10.6 Å². The quantitative estimate of drug-likeness (QED) is 0.492. The van der Waals surface area contributed by atoms with Crippen LogP contribution in [0.4, 0.5) is 4.79 Å². The number of amides is 2. The van der Waals surface area contributed by atoms with E-state index in [0.29, 0.717) is 18.6 Å². The van der Waals surface area contributed by atoms with Gasteiger partial charge in [0.15, 0.2) is 0 Å². The van der Waals surface area contributed by atoms with Gasteiger partial charge >= 0.3 is 12.1 Å². The molecule has 0 unspecified atom stereocenters. The molecule has 2 aliphatic rings. The molecule has 1 saturated carbocycles. The molecule has 0 atom stereocenters. The van der Waals surface area contributed by atoms with Crippen LogP contribution in [0.1, 0.15) is 46.2 Å². The lowest BCUT2D eigenvalue weighted by molar-refractivity contribution is -0.128. The molecule has 2 aromatic carbocycles. The molecule has 34 heavy (non-hydrogen) atoms. The Morgan fingerprint density at radius 3 is 2.21 bits per heavy atom. The number of ether oxygens (including phenoxy) is 1. The van der Waals surface area contributed by atoms with Gasteiger partial charge < -0.3 is 24.9 Å². The number of alkyl carbamates (subject to hydrolysis) is 1. The standard InChI is InChI=1S/C26H24N2O6/c29-24(27-13-17-9-10-23(34-17)25(30)31)15-11-16(12-15)28-26(32)33-14-22-20-7-3-1-5-18(20)19-6-2-4-8-21(19)22/h1-10,15-16,22H,11-14H2,(H,27,29)(H,28,32)(H,30,31). The summed E-state index contributed by atoms with van der Waals surface area (Å²) >= 11 is 0. The fourth-order valence-electron chi connectivity index (χ4n) is 4.66. The van der Waals surface area contributed by atoms with Crippen molar-refractivity contribution < 1.29 is 28.6 Å². The van der Waals surface area contributed by atoms with Crippen LogP contribution in [0.15, 0.2) is 65.1 Å². The van der Waals surface area contributed by atoms with Crippen LogP contribution in [-0.2, 0) is 16.1 Å². The van der Waals surface area contributed by atoms with Crippen molar-refractivity contribution in [3.63, 3.8) is 0 Å². The molecule has 8 heteroatoms. The molecule has 1 heterocycles. The topological polar surface area (TPSA) is 118 Å². The number of carbonyl (C=O) groups is 3. The van der Waals surface area contributed by atoms with Gasteiger partial charge in [0.2, 0.25) is 11.7 Å². The average molecular weight is 460 g/mol. The number of carboxylic acids is 1. The van der Waals surface area contributed by atoms with Crippen LogP contribution in [0.3, 0.4) is 0 Å². The maximum absolute atomic E-state index is 12.4. The first-order valence-electron chi connectivity index (χ1n) is 11.2. The Morgan fingerprint density at radius 1 is 0.941 bits per heavy atom. The highest BCUT2D eigenvalue weighted by Crippen LogP contribution is 2.44. The number of hydrogen-bond donors (Lipinski definition) is 3. The average Bonchev–Trinajstić information content (AvgIpc) is 3.41. The number of carbonyl (C=O) groups excluding carboxylic acids is 2. The Kier molecular flexibility index (Phi) is 5.79. The number of rotatable bonds is 7. The zero-order valence-corrected chi connectivity index (χ0v) is 18.3. The third-order valence-electron chi connectivity index (χ3n) is 6.48. The van der Waals surface area contributed by atoms with E-state index in [1.54, 1.807) is 0 Å². The number of fused-ring (bicyclic) bond motifs is 3. The molecule has 8 nitrogen and oxygen atoms in total. The lowest BCUT2D eigenvalue weighted by atomic mass is 9.79. The van der Waals surface area contributed by atoms with Crippen molar-refractivity contribution >= 4 is 18.0 Å². The number of carboxylic acid groups (broad SMARTS) is 1. The molecule has 0 bridgehead atoms. The largest absolute Gasteiger partial charge is 0.475 e. The van der Waals surface area contributed by atoms with Crippen molar-refractivity contribution in [2.24, 2.45) is 5.92 Å². The first kappa shape index (κ1) is 21.8. The molecule has 0 radical (unpaired) electrons. The summed E-state index contributed by atoms with van der Waals surface area (Å²) in [6.45, 7) is 0.366. The van der Waals surface area contributed by atoms with Crippen molar-refractivity contribution in [2.45, 2.75) is 31.3 Å². The van der Waals surface area contributed by atoms with Gasteiger partial charge in [-0.05, 0) is 47.2 Å². The van der Waals surface area contributed by atoms with Gasteiger partial charge in [0.05, 0.1) is 6.54 Å². The zero-order chi connectivity index (χ0) is 23.7. The van der Waals surface area contributed by atoms with Gasteiger partial charge in [0.25, 0.3) is 0 Å². The molecule has 1 fully saturated rings. The van der Waals surface area contributed by atoms with Crippen molar-refractivity contribution in [3.05, 3.63) is 83.3 Å². The predicted molar refractivity (Wildman–Crippen MR) is 122 cm³/mol. The van der Waals surface area contributed by atoms with Crippen LogP contribution in [0.25, 0.3) is 11.1 Å². The Balaban J connectivity index is 1.07. The van der Waals surface area contributed by atoms with Gasteiger partial charge in [-0.15, -0.1) is 0 Å². The fraction of sp³-hybridized carbons (Fsp3) is 0.269. The molecule has 0 spiro atoms. The minimum Gasteiger partial charge on any atom is -0.475 e. The molecule has 1 aromatic heterocycles. The number of hydrogen-bond acceptors (Lipinski definition) is 5. The number of benzene rings is 2. The maximum atomic E-state index is 12.4. The summed E-state index contributed by atoms with van der Waals surface area (Å²) in [4.78, 5) is 35.5. The smallest absolute Gasteiger partial charge is 0.407 e. The second-order valence-corrected chi connectivity index (χ2v) is 8.62. The maximum Gasteiger partial charge on any atom is 0.407 e. The highest BCUT2D eigenvalue weighted by atomic mass is 16.5. The second kappa shape index (κ2) is 9.05. The van der Waals surface area contributed by atoms with Gasteiger partial charge in [0.1, 0.15) is 12.4 Å². The van der Waals surface area contributed by atoms with Crippen LogP contribution in [0.2, 0.25) is 0 Å². The van der Waals surface area contributed by atoms with Gasteiger partial charge in [-0.25, -0.2) is 9.59 Å². The Morgan fingerprint density at radius 2 is 1.59 bits per heavy atom. The third-order valence-corrected chi connectivity index (χ3v) is 6.48. The van der Waals surface area contributed by atoms with E-state index >= 15 is 0 Å². The van der Waals surface area contributed by atoms with Crippen molar-refractivity contribution in [1.29, 1.82) is 0 Å². The van der Waals surface area contributed by atoms with E-state index in [9.17, 15) is 14.4 Å². The zero-order valence-electron chi connectivity index (χ0n) is 18.3. The van der Waals surface area contributed by atoms with E-state index in [4.69, 9.17) is 14.3 Å². The van der Waals surface area contributed by atoms with Crippen LogP contribution >= 0.6 is 0 Å². The normalized spacial score (nSPS) is 18.4. The van der Waals surface area contributed by atoms with E-state index in [1.165, 1.54) is 23.3 Å². The fourth-order valence-corrected chi connectivity index (χ4v) is 4.66. The number of furan rings is 1. The van der Waals surface area contributed by atoms with E-state index < -0.39 is 12.1 Å². The molecule has 3 aromatic rings. The molecule has 5 rings (SSSR count). The van der Waals surface area contributed by atoms with E-state index in [-0.39, 0.29) is 42.7 Å². The number of aromatic carboxylic acids is 1. The first-order valence-corrected chi connectivity index (χ1v) is 11.2. The summed E-state index contributed by atoms with van der Waals surface area (Å²) < 4.78 is 10.7. The monoisotopic (exact) mass is 460 g/mol. The SMILES string of the molecule is O=C(NC1CC(C(=O)NCc2ccc(C(=O)O)o2)C1)OCC1c2ccccc2-c2ccccc21. The van der Waals surface area contributed by atoms with E-state index in [0.717, 1.165) is 11.1 Å². The van der Waals surface area contributed by atoms with Crippen LogP contribution in [-0.4, -0.2) is 35.7 Å². The minimum atomic E-state index is -1.15. The van der Waals surface area contributed by atoms with E-state index in [1.807, 2.05) is 24.3 Å². The molecular weight excluding hydrogens is 436 g/mol. The predicted octanol–water partition coefficient (Wildman–Crippen LogP) is 3.91. The Hall–Kier alpha value is -4.07. The number of nitrogens with one attached hydrogen (secondary N) is 2. The van der Waals surface area contributed by atoms with Gasteiger partial charge in [-0.1, -0.05) is 48.5 Å². The van der Waals surface area contributed by atoms with Gasteiger partial charge in [-0.2, -0.15) is 0 Å². The lowest BCUT2D eigenvalue weighted by Crippen LogP contribution is -2.49. The molecule has 0 aliphatic heterocycles. The summed E-state index contributed by atoms with van der Waals surface area (Å²) in [5, 5.41) is 14.4. The second-order valence-electron chi connectivity index (χ2n) is 8.62. The first-order chi connectivity index (χ1) is 16.5. The van der Waals surface area contributed by atoms with E-state index in [2.05, 4.69) is 34.9 Å². The van der Waals surface area contributed by atoms with Crippen molar-refractivity contribution in [2.75, 3.05) is 6.61 Å². The Bertz CT molecular complexity index is 1200. The molecule has 3 N–H and O–H groups in total. The highest BCUT2D eigenvalue weighted by Gasteiger charge is 2.36. The molecule has 2 amide bonds. The summed E-state index contributed by atoms with van der Waals surface area (Å²) in [7, 11) is 0. The summed E-state index contributed by atoms with van der Waals surface area (Å²) in [6, 6.07) is 19.1. The molecule has 0 saturated heterocycles. The summed E-state index contributed by atoms with van der Waals surface area (Å²) in [5.41, 5.74) is 4.66. The molecular formula is C26H24N2O6. The van der Waals surface area contributed by atoms with Gasteiger partial charge in [0, 0.05) is 17.9 Å². The van der Waals surface area contributed by atoms with Crippen molar-refractivity contribution in [1.82, 2.24) is 10.6 Å². The molecule has 174 valence electrons. The third kappa shape index (κ3) is 4.26. The van der Waals surface area contributed by atoms with Crippen LogP contribution in [0.5, 0.6) is 0 Å². The summed E-state index contributed by atoms with van der Waals surface area (Å²) in [5.74, 6) is -1.31. The minimum absolute atomic E-state index is 0.00121. The summed E-state index contributed by atoms with van der Waals surface area (Å²) in [6.07, 6.45) is 0.561. The van der Waals surface area contributed by atoms with Crippen molar-refractivity contribution in [3.8, 4) is 11.1 Å². The highest BCUT2D eigenvalue weighted by molar-refractivity contribution is 5.84. The van der Waals surface area contributed by atoms with Crippen LogP contribution in [0, 0.1) is 5.92 Å². The molecule has 2 aliphatic carbocycles. The lowest BCUT2D eigenvalue weighted by Gasteiger charge is -2.34. The van der Waals surface area contributed by atoms with Gasteiger partial charge in [-0.3, -0.25) is 4.79 Å².